The molecule has 3 aromatic carbocycles. The van der Waals surface area contributed by atoms with Gasteiger partial charge in [0.1, 0.15) is 0 Å². The van der Waals surface area contributed by atoms with Crippen molar-refractivity contribution >= 4 is 29.1 Å². The number of benzene rings is 3. The minimum Gasteiger partial charge on any atom is -0.339 e. The maximum atomic E-state index is 13.2. The van der Waals surface area contributed by atoms with E-state index in [1.807, 2.05) is 6.92 Å². The van der Waals surface area contributed by atoms with Crippen LogP contribution in [0.15, 0.2) is 66.7 Å². The number of aryl methyl sites for hydroxylation is 1. The predicted molar refractivity (Wildman–Crippen MR) is 134 cm³/mol. The summed E-state index contributed by atoms with van der Waals surface area (Å²) in [6.45, 7) is 2.87. The quantitative estimate of drug-likeness (QED) is 0.372. The normalized spacial score (nSPS) is 14.5. The third kappa shape index (κ3) is 5.90. The van der Waals surface area contributed by atoms with Gasteiger partial charge in [0, 0.05) is 35.8 Å². The fraction of sp³-hybridized carbons (Fsp3) is 0.286. The number of carbonyl (C=O) groups is 2. The highest BCUT2D eigenvalue weighted by molar-refractivity contribution is 6.17. The van der Waals surface area contributed by atoms with Crippen LogP contribution in [-0.4, -0.2) is 29.8 Å². The Morgan fingerprint density at radius 1 is 0.944 bits per heavy atom. The maximum Gasteiger partial charge on any atom is 0.416 e. The first-order valence-electron chi connectivity index (χ1n) is 11.7. The lowest BCUT2D eigenvalue weighted by Gasteiger charge is -2.32. The number of alkyl halides is 4. The average Bonchev–Trinajstić information content (AvgIpc) is 2.89. The number of rotatable bonds is 5. The predicted octanol–water partition coefficient (Wildman–Crippen LogP) is 7.02. The van der Waals surface area contributed by atoms with Gasteiger partial charge < -0.3 is 10.2 Å². The lowest BCUT2D eigenvalue weighted by Crippen LogP contribution is -2.38. The lowest BCUT2D eigenvalue weighted by atomic mass is 9.88. The molecule has 0 radical (unpaired) electrons. The molecule has 1 heterocycles. The summed E-state index contributed by atoms with van der Waals surface area (Å²) in [4.78, 5) is 27.6. The Hall–Kier alpha value is -3.32. The van der Waals surface area contributed by atoms with Gasteiger partial charge in [-0.1, -0.05) is 30.3 Å². The van der Waals surface area contributed by atoms with Crippen LogP contribution in [0, 0.1) is 6.92 Å². The molecular formula is C28H26ClF3N2O2. The molecule has 4 nitrogen and oxygen atoms in total. The largest absolute Gasteiger partial charge is 0.416 e. The van der Waals surface area contributed by atoms with Gasteiger partial charge in [-0.05, 0) is 78.8 Å². The fourth-order valence-electron chi connectivity index (χ4n) is 4.37. The molecule has 0 atom stereocenters. The summed E-state index contributed by atoms with van der Waals surface area (Å²) < 4.78 is 38.5. The van der Waals surface area contributed by atoms with Crippen molar-refractivity contribution < 1.29 is 22.8 Å². The average molecular weight is 515 g/mol. The number of carbonyl (C=O) groups excluding carboxylic acids is 2. The third-order valence-electron chi connectivity index (χ3n) is 6.59. The molecule has 3 aromatic rings. The van der Waals surface area contributed by atoms with Crippen LogP contribution in [0.5, 0.6) is 0 Å². The van der Waals surface area contributed by atoms with E-state index >= 15 is 0 Å². The van der Waals surface area contributed by atoms with E-state index in [1.165, 1.54) is 12.1 Å². The molecule has 0 aromatic heterocycles. The Balaban J connectivity index is 1.39. The fourth-order valence-corrected chi connectivity index (χ4v) is 4.55. The molecule has 1 aliphatic heterocycles. The second kappa shape index (κ2) is 10.7. The summed E-state index contributed by atoms with van der Waals surface area (Å²) >= 11 is 5.81. The Kier molecular flexibility index (Phi) is 7.69. The summed E-state index contributed by atoms with van der Waals surface area (Å²) in [7, 11) is 0. The number of amides is 2. The van der Waals surface area contributed by atoms with Crippen LogP contribution in [0.3, 0.4) is 0 Å². The molecule has 0 bridgehead atoms. The van der Waals surface area contributed by atoms with Gasteiger partial charge >= 0.3 is 6.18 Å². The second-order valence-electron chi connectivity index (χ2n) is 9.00. The number of likely N-dealkylation sites (tertiary alicyclic amines) is 1. The van der Waals surface area contributed by atoms with E-state index in [4.69, 9.17) is 11.6 Å². The molecule has 0 spiro atoms. The van der Waals surface area contributed by atoms with Crippen molar-refractivity contribution in [3.8, 4) is 0 Å². The van der Waals surface area contributed by atoms with Crippen molar-refractivity contribution in [1.29, 1.82) is 0 Å². The van der Waals surface area contributed by atoms with Crippen molar-refractivity contribution in [2.75, 3.05) is 18.4 Å². The molecule has 0 saturated carbocycles. The topological polar surface area (TPSA) is 49.4 Å². The first kappa shape index (κ1) is 25.8. The minimum atomic E-state index is -4.35. The molecule has 188 valence electrons. The van der Waals surface area contributed by atoms with E-state index in [9.17, 15) is 22.8 Å². The van der Waals surface area contributed by atoms with Crippen molar-refractivity contribution in [1.82, 2.24) is 4.90 Å². The Morgan fingerprint density at radius 2 is 1.56 bits per heavy atom. The molecule has 36 heavy (non-hydrogen) atoms. The van der Waals surface area contributed by atoms with Crippen molar-refractivity contribution in [3.63, 3.8) is 0 Å². The molecule has 8 heteroatoms. The first-order valence-corrected chi connectivity index (χ1v) is 12.2. The van der Waals surface area contributed by atoms with Gasteiger partial charge in [0.15, 0.2) is 0 Å². The van der Waals surface area contributed by atoms with Crippen LogP contribution in [0.4, 0.5) is 18.9 Å². The summed E-state index contributed by atoms with van der Waals surface area (Å²) in [6, 6.07) is 17.5. The van der Waals surface area contributed by atoms with Crippen molar-refractivity contribution in [2.24, 2.45) is 0 Å². The molecule has 0 unspecified atom stereocenters. The highest BCUT2D eigenvalue weighted by Gasteiger charge is 2.31. The molecule has 4 rings (SSSR count). The van der Waals surface area contributed by atoms with E-state index in [0.717, 1.165) is 28.8 Å². The highest BCUT2D eigenvalue weighted by atomic mass is 35.5. The zero-order valence-electron chi connectivity index (χ0n) is 19.7. The van der Waals surface area contributed by atoms with Gasteiger partial charge in [0.05, 0.1) is 5.56 Å². The molecule has 1 aliphatic rings. The summed E-state index contributed by atoms with van der Waals surface area (Å²) in [5.41, 5.74) is 3.47. The Morgan fingerprint density at radius 3 is 2.14 bits per heavy atom. The standard InChI is InChI=1S/C28H26ClF3N2O2/c1-18-2-5-23(16-25(18)33-26(35)22-6-3-19(17-29)4-7-22)27(36)34-14-12-21(13-15-34)20-8-10-24(11-9-20)28(30,31)32/h2-11,16,21H,12-15,17H2,1H3,(H,33,35). The summed E-state index contributed by atoms with van der Waals surface area (Å²) in [5, 5.41) is 2.88. The van der Waals surface area contributed by atoms with Gasteiger partial charge in [0.25, 0.3) is 11.8 Å². The van der Waals surface area contributed by atoms with Crippen LogP contribution < -0.4 is 5.32 Å². The van der Waals surface area contributed by atoms with Crippen LogP contribution >= 0.6 is 11.6 Å². The highest BCUT2D eigenvalue weighted by Crippen LogP contribution is 2.33. The second-order valence-corrected chi connectivity index (χ2v) is 9.27. The minimum absolute atomic E-state index is 0.106. The van der Waals surface area contributed by atoms with Crippen LogP contribution in [-0.2, 0) is 12.1 Å². The number of nitrogens with zero attached hydrogens (tertiary/aromatic N) is 1. The molecule has 2 amide bonds. The number of nitrogens with one attached hydrogen (secondary N) is 1. The molecule has 1 saturated heterocycles. The smallest absolute Gasteiger partial charge is 0.339 e. The van der Waals surface area contributed by atoms with Crippen LogP contribution in [0.2, 0.25) is 0 Å². The Bertz CT molecular complexity index is 1230. The molecule has 0 aliphatic carbocycles. The zero-order chi connectivity index (χ0) is 25.9. The summed E-state index contributed by atoms with van der Waals surface area (Å²) in [5.74, 6) is 0.0608. The van der Waals surface area contributed by atoms with Crippen LogP contribution in [0.1, 0.15) is 61.7 Å². The number of halogens is 4. The van der Waals surface area contributed by atoms with E-state index in [-0.39, 0.29) is 17.7 Å². The van der Waals surface area contributed by atoms with Gasteiger partial charge in [-0.15, -0.1) is 11.6 Å². The molecular weight excluding hydrogens is 489 g/mol. The van der Waals surface area contributed by atoms with E-state index < -0.39 is 11.7 Å². The third-order valence-corrected chi connectivity index (χ3v) is 6.90. The number of hydrogen-bond acceptors (Lipinski definition) is 2. The van der Waals surface area contributed by atoms with Gasteiger partial charge in [0.2, 0.25) is 0 Å². The van der Waals surface area contributed by atoms with Crippen LogP contribution in [0.25, 0.3) is 0 Å². The number of hydrogen-bond donors (Lipinski definition) is 1. The monoisotopic (exact) mass is 514 g/mol. The Labute approximate surface area is 213 Å². The van der Waals surface area contributed by atoms with E-state index in [1.54, 1.807) is 47.4 Å². The SMILES string of the molecule is Cc1ccc(C(=O)N2CCC(c3ccc(C(F)(F)F)cc3)CC2)cc1NC(=O)c1ccc(CCl)cc1. The maximum absolute atomic E-state index is 13.2. The van der Waals surface area contributed by atoms with Crippen molar-refractivity contribution in [3.05, 3.63) is 100 Å². The van der Waals surface area contributed by atoms with Gasteiger partial charge in [-0.3, -0.25) is 9.59 Å². The lowest BCUT2D eigenvalue weighted by molar-refractivity contribution is -0.137. The number of anilines is 1. The van der Waals surface area contributed by atoms with Crippen molar-refractivity contribution in [2.45, 2.75) is 37.7 Å². The molecule has 1 N–H and O–H groups in total. The number of piperidine rings is 1. The van der Waals surface area contributed by atoms with E-state index in [2.05, 4.69) is 5.32 Å². The molecule has 1 fully saturated rings. The first-order chi connectivity index (χ1) is 17.2. The van der Waals surface area contributed by atoms with E-state index in [0.29, 0.717) is 48.6 Å². The zero-order valence-corrected chi connectivity index (χ0v) is 20.5. The van der Waals surface area contributed by atoms with Gasteiger partial charge in [-0.25, -0.2) is 0 Å². The summed E-state index contributed by atoms with van der Waals surface area (Å²) in [6.07, 6.45) is -3.01. The van der Waals surface area contributed by atoms with Gasteiger partial charge in [-0.2, -0.15) is 13.2 Å².